The third kappa shape index (κ3) is 4.75. The predicted molar refractivity (Wildman–Crippen MR) is 128 cm³/mol. The summed E-state index contributed by atoms with van der Waals surface area (Å²) < 4.78 is 3.71. The molecule has 2 aromatic heterocycles. The fraction of sp³-hybridized carbons (Fsp3) is 0.0741. The minimum absolute atomic E-state index is 0.118. The van der Waals surface area contributed by atoms with Crippen LogP contribution in [0.4, 0.5) is 0 Å². The lowest BCUT2D eigenvalue weighted by molar-refractivity contribution is 0.0951. The van der Waals surface area contributed by atoms with Gasteiger partial charge in [0.15, 0.2) is 0 Å². The molecule has 5 aromatic rings. The maximum atomic E-state index is 12.8. The minimum atomic E-state index is -0.118. The highest BCUT2D eigenvalue weighted by Gasteiger charge is 2.14. The van der Waals surface area contributed by atoms with Gasteiger partial charge in [-0.05, 0) is 35.9 Å². The highest BCUT2D eigenvalue weighted by Crippen LogP contribution is 2.23. The normalized spacial score (nSPS) is 10.8. The molecule has 0 spiro atoms. The van der Waals surface area contributed by atoms with Crippen molar-refractivity contribution in [2.45, 2.75) is 13.1 Å². The lowest BCUT2D eigenvalue weighted by Crippen LogP contribution is -2.22. The Labute approximate surface area is 192 Å². The van der Waals surface area contributed by atoms with Crippen molar-refractivity contribution in [1.82, 2.24) is 24.9 Å². The van der Waals surface area contributed by atoms with Crippen LogP contribution in [0.15, 0.2) is 110 Å². The first-order valence-electron chi connectivity index (χ1n) is 10.8. The van der Waals surface area contributed by atoms with Gasteiger partial charge in [0, 0.05) is 41.8 Å². The number of benzene rings is 3. The maximum absolute atomic E-state index is 12.8. The summed E-state index contributed by atoms with van der Waals surface area (Å²) >= 11 is 0. The summed E-state index contributed by atoms with van der Waals surface area (Å²) in [5.41, 5.74) is 5.50. The highest BCUT2D eigenvalue weighted by atomic mass is 16.1. The van der Waals surface area contributed by atoms with E-state index in [2.05, 4.69) is 10.4 Å². The average Bonchev–Trinajstić information content (AvgIpc) is 3.54. The summed E-state index contributed by atoms with van der Waals surface area (Å²) in [6.45, 7) is 1.05. The van der Waals surface area contributed by atoms with Gasteiger partial charge in [0.1, 0.15) is 0 Å². The van der Waals surface area contributed by atoms with Gasteiger partial charge in [0.05, 0.1) is 17.9 Å². The Hall–Kier alpha value is -4.45. The predicted octanol–water partition coefficient (Wildman–Crippen LogP) is 4.71. The Balaban J connectivity index is 1.33. The second-order valence-corrected chi connectivity index (χ2v) is 7.73. The number of nitrogens with zero attached hydrogens (tertiary/aromatic N) is 4. The van der Waals surface area contributed by atoms with E-state index >= 15 is 0 Å². The first-order chi connectivity index (χ1) is 16.3. The van der Waals surface area contributed by atoms with E-state index in [1.54, 1.807) is 6.20 Å². The number of para-hydroxylation sites is 1. The molecule has 162 valence electrons. The lowest BCUT2D eigenvalue weighted by atomic mass is 10.1. The van der Waals surface area contributed by atoms with E-state index in [9.17, 15) is 4.79 Å². The molecule has 33 heavy (non-hydrogen) atoms. The van der Waals surface area contributed by atoms with Crippen LogP contribution in [0.1, 0.15) is 21.5 Å². The standard InChI is InChI=1S/C27H23N5O/c33-27(23-14-12-21(13-15-23)19-31-17-7-16-29-31)28-18-24-20-32(25-10-5-2-6-11-25)30-26(24)22-8-3-1-4-9-22/h1-17,20H,18-19H2,(H,28,33). The van der Waals surface area contributed by atoms with E-state index in [0.717, 1.165) is 28.1 Å². The molecule has 0 aliphatic carbocycles. The largest absolute Gasteiger partial charge is 0.348 e. The zero-order chi connectivity index (χ0) is 22.5. The molecule has 1 amide bonds. The van der Waals surface area contributed by atoms with Gasteiger partial charge in [-0.1, -0.05) is 60.7 Å². The van der Waals surface area contributed by atoms with E-state index < -0.39 is 0 Å². The van der Waals surface area contributed by atoms with Crippen molar-refractivity contribution in [3.63, 3.8) is 0 Å². The van der Waals surface area contributed by atoms with Crippen LogP contribution in [0.5, 0.6) is 0 Å². The molecule has 3 aromatic carbocycles. The molecule has 0 aliphatic heterocycles. The Morgan fingerprint density at radius 3 is 2.27 bits per heavy atom. The SMILES string of the molecule is O=C(NCc1cn(-c2ccccc2)nc1-c1ccccc1)c1ccc(Cn2cccn2)cc1. The fourth-order valence-corrected chi connectivity index (χ4v) is 3.71. The van der Waals surface area contributed by atoms with Gasteiger partial charge in [0.2, 0.25) is 0 Å². The van der Waals surface area contributed by atoms with Gasteiger partial charge in [-0.2, -0.15) is 10.2 Å². The number of hydrogen-bond acceptors (Lipinski definition) is 3. The molecule has 6 heteroatoms. The monoisotopic (exact) mass is 433 g/mol. The molecule has 5 rings (SSSR count). The van der Waals surface area contributed by atoms with Crippen molar-refractivity contribution in [3.8, 4) is 16.9 Å². The second kappa shape index (κ2) is 9.36. The van der Waals surface area contributed by atoms with Crippen molar-refractivity contribution < 1.29 is 4.79 Å². The number of amides is 1. The van der Waals surface area contributed by atoms with E-state index in [4.69, 9.17) is 5.10 Å². The summed E-state index contributed by atoms with van der Waals surface area (Å²) in [6, 6.07) is 29.5. The van der Waals surface area contributed by atoms with Crippen LogP contribution >= 0.6 is 0 Å². The minimum Gasteiger partial charge on any atom is -0.348 e. The van der Waals surface area contributed by atoms with Crippen molar-refractivity contribution >= 4 is 5.91 Å². The van der Waals surface area contributed by atoms with Crippen LogP contribution in [-0.2, 0) is 13.1 Å². The first-order valence-corrected chi connectivity index (χ1v) is 10.8. The molecular weight excluding hydrogens is 410 g/mol. The molecule has 2 heterocycles. The molecule has 0 aliphatic rings. The average molecular weight is 434 g/mol. The Kier molecular flexibility index (Phi) is 5.80. The van der Waals surface area contributed by atoms with Crippen LogP contribution < -0.4 is 5.32 Å². The molecule has 0 atom stereocenters. The fourth-order valence-electron chi connectivity index (χ4n) is 3.71. The van der Waals surface area contributed by atoms with E-state index in [1.165, 1.54) is 0 Å². The molecule has 1 N–H and O–H groups in total. The van der Waals surface area contributed by atoms with Crippen LogP contribution in [0, 0.1) is 0 Å². The van der Waals surface area contributed by atoms with Crippen molar-refractivity contribution in [2.24, 2.45) is 0 Å². The van der Waals surface area contributed by atoms with Gasteiger partial charge in [0.25, 0.3) is 5.91 Å². The van der Waals surface area contributed by atoms with Crippen LogP contribution in [0.25, 0.3) is 16.9 Å². The molecule has 0 bridgehead atoms. The van der Waals surface area contributed by atoms with Crippen LogP contribution in [0.2, 0.25) is 0 Å². The van der Waals surface area contributed by atoms with Crippen molar-refractivity contribution in [2.75, 3.05) is 0 Å². The summed E-state index contributed by atoms with van der Waals surface area (Å²) in [5, 5.41) is 12.1. The van der Waals surface area contributed by atoms with Crippen LogP contribution in [-0.4, -0.2) is 25.5 Å². The number of nitrogens with one attached hydrogen (secondary N) is 1. The van der Waals surface area contributed by atoms with Gasteiger partial charge in [-0.15, -0.1) is 0 Å². The smallest absolute Gasteiger partial charge is 0.251 e. The molecular formula is C27H23N5O. The van der Waals surface area contributed by atoms with Crippen LogP contribution in [0.3, 0.4) is 0 Å². The number of hydrogen-bond donors (Lipinski definition) is 1. The van der Waals surface area contributed by atoms with Crippen molar-refractivity contribution in [1.29, 1.82) is 0 Å². The second-order valence-electron chi connectivity index (χ2n) is 7.73. The first kappa shape index (κ1) is 20.5. The van der Waals surface area contributed by atoms with Gasteiger partial charge in [-0.3, -0.25) is 9.48 Å². The summed E-state index contributed by atoms with van der Waals surface area (Å²) in [4.78, 5) is 12.8. The van der Waals surface area contributed by atoms with Crippen molar-refractivity contribution in [3.05, 3.63) is 126 Å². The van der Waals surface area contributed by atoms with E-state index in [1.807, 2.05) is 113 Å². The molecule has 0 unspecified atom stereocenters. The Morgan fingerprint density at radius 2 is 1.58 bits per heavy atom. The number of aromatic nitrogens is 4. The number of carbonyl (C=O) groups excluding carboxylic acids is 1. The molecule has 0 radical (unpaired) electrons. The Bertz CT molecular complexity index is 1320. The molecule has 0 saturated carbocycles. The summed E-state index contributed by atoms with van der Waals surface area (Å²) in [7, 11) is 0. The zero-order valence-electron chi connectivity index (χ0n) is 18.0. The topological polar surface area (TPSA) is 64.7 Å². The third-order valence-corrected chi connectivity index (χ3v) is 5.42. The van der Waals surface area contributed by atoms with Gasteiger partial charge in [-0.25, -0.2) is 4.68 Å². The lowest BCUT2D eigenvalue weighted by Gasteiger charge is -2.07. The summed E-state index contributed by atoms with van der Waals surface area (Å²) in [6.07, 6.45) is 5.65. The highest BCUT2D eigenvalue weighted by molar-refractivity contribution is 5.94. The maximum Gasteiger partial charge on any atom is 0.251 e. The Morgan fingerprint density at radius 1 is 0.848 bits per heavy atom. The third-order valence-electron chi connectivity index (χ3n) is 5.42. The zero-order valence-corrected chi connectivity index (χ0v) is 18.0. The number of rotatable bonds is 7. The quantitative estimate of drug-likeness (QED) is 0.404. The number of carbonyl (C=O) groups is 1. The summed E-state index contributed by atoms with van der Waals surface area (Å²) in [5.74, 6) is -0.118. The van der Waals surface area contributed by atoms with E-state index in [-0.39, 0.29) is 5.91 Å². The van der Waals surface area contributed by atoms with Gasteiger partial charge >= 0.3 is 0 Å². The molecule has 6 nitrogen and oxygen atoms in total. The van der Waals surface area contributed by atoms with E-state index in [0.29, 0.717) is 18.7 Å². The molecule has 0 saturated heterocycles. The van der Waals surface area contributed by atoms with Gasteiger partial charge < -0.3 is 5.32 Å². The molecule has 0 fully saturated rings.